The smallest absolute Gasteiger partial charge is 0.272 e. The van der Waals surface area contributed by atoms with Crippen LogP contribution < -0.4 is 15.5 Å². The molecule has 4 heterocycles. The van der Waals surface area contributed by atoms with Crippen molar-refractivity contribution in [1.82, 2.24) is 25.8 Å². The minimum absolute atomic E-state index is 0.139. The van der Waals surface area contributed by atoms with Crippen LogP contribution in [-0.2, 0) is 19.5 Å². The quantitative estimate of drug-likeness (QED) is 0.777. The Balaban J connectivity index is 1.34. The molecule has 7 heteroatoms. The van der Waals surface area contributed by atoms with E-state index in [2.05, 4.69) is 43.7 Å². The highest BCUT2D eigenvalue weighted by Crippen LogP contribution is 2.21. The number of H-pyrrole nitrogens is 1. The van der Waals surface area contributed by atoms with Gasteiger partial charge in [-0.15, -0.1) is 0 Å². The van der Waals surface area contributed by atoms with Crippen molar-refractivity contribution in [2.24, 2.45) is 5.92 Å². The fourth-order valence-electron chi connectivity index (χ4n) is 3.63. The first-order chi connectivity index (χ1) is 12.7. The lowest BCUT2D eigenvalue weighted by Crippen LogP contribution is -2.33. The molecule has 0 aliphatic carbocycles. The zero-order chi connectivity index (χ0) is 17.9. The van der Waals surface area contributed by atoms with Gasteiger partial charge in [-0.1, -0.05) is 13.0 Å². The molecule has 0 bridgehead atoms. The molecule has 2 aromatic heterocycles. The minimum atomic E-state index is -0.139. The molecule has 3 N–H and O–H groups in total. The van der Waals surface area contributed by atoms with E-state index in [1.54, 1.807) is 0 Å². The summed E-state index contributed by atoms with van der Waals surface area (Å²) in [5.74, 6) is 1.70. The fraction of sp³-hybridized carbons (Fsp3) is 0.526. The van der Waals surface area contributed by atoms with Gasteiger partial charge in [0.2, 0.25) is 0 Å². The Morgan fingerprint density at radius 2 is 2.19 bits per heavy atom. The molecule has 0 spiro atoms. The molecule has 1 saturated heterocycles. The highest BCUT2D eigenvalue weighted by molar-refractivity contribution is 5.94. The van der Waals surface area contributed by atoms with Crippen LogP contribution in [0.3, 0.4) is 0 Å². The molecule has 1 amide bonds. The first kappa shape index (κ1) is 17.0. The minimum Gasteiger partial charge on any atom is -0.357 e. The third-order valence-electron chi connectivity index (χ3n) is 5.39. The summed E-state index contributed by atoms with van der Waals surface area (Å²) in [5.41, 5.74) is 3.55. The summed E-state index contributed by atoms with van der Waals surface area (Å²) in [7, 11) is 0. The van der Waals surface area contributed by atoms with Crippen LogP contribution in [0.25, 0.3) is 0 Å². The summed E-state index contributed by atoms with van der Waals surface area (Å²) in [6.07, 6.45) is 5.19. The maximum atomic E-state index is 12.4. The van der Waals surface area contributed by atoms with Gasteiger partial charge in [0, 0.05) is 56.6 Å². The van der Waals surface area contributed by atoms with E-state index < -0.39 is 0 Å². The molecule has 0 saturated carbocycles. The van der Waals surface area contributed by atoms with E-state index in [0.29, 0.717) is 18.8 Å². The highest BCUT2D eigenvalue weighted by Gasteiger charge is 2.21. The Labute approximate surface area is 153 Å². The number of fused-ring (bicyclic) bond motifs is 1. The number of hydrogen-bond acceptors (Lipinski definition) is 5. The SMILES string of the molecule is CC1CCN(c2ccc(CNC(=O)c3n[nH]c4c3CNCC4)cn2)CC1. The van der Waals surface area contributed by atoms with Crippen molar-refractivity contribution in [2.75, 3.05) is 24.5 Å². The van der Waals surface area contributed by atoms with Crippen LogP contribution in [0.5, 0.6) is 0 Å². The number of piperidine rings is 1. The molecule has 0 radical (unpaired) electrons. The van der Waals surface area contributed by atoms with Gasteiger partial charge < -0.3 is 15.5 Å². The Kier molecular flexibility index (Phi) is 4.88. The van der Waals surface area contributed by atoms with Crippen molar-refractivity contribution >= 4 is 11.7 Å². The van der Waals surface area contributed by atoms with Crippen LogP contribution in [0, 0.1) is 5.92 Å². The van der Waals surface area contributed by atoms with E-state index in [0.717, 1.165) is 54.6 Å². The number of pyridine rings is 1. The standard InChI is InChI=1S/C19H26N6O/c1-13-5-8-25(9-6-13)17-3-2-14(10-21-17)11-22-19(26)18-15-12-20-7-4-16(15)23-24-18/h2-3,10,13,20H,4-9,11-12H2,1H3,(H,22,26)(H,23,24). The molecule has 26 heavy (non-hydrogen) atoms. The molecule has 2 aliphatic heterocycles. The van der Waals surface area contributed by atoms with Crippen molar-refractivity contribution in [2.45, 2.75) is 39.3 Å². The van der Waals surface area contributed by atoms with Gasteiger partial charge in [0.05, 0.1) is 0 Å². The number of carbonyl (C=O) groups is 1. The number of nitrogens with zero attached hydrogens (tertiary/aromatic N) is 3. The Morgan fingerprint density at radius 3 is 2.96 bits per heavy atom. The van der Waals surface area contributed by atoms with Gasteiger partial charge in [0.15, 0.2) is 5.69 Å². The van der Waals surface area contributed by atoms with Crippen LogP contribution in [0.4, 0.5) is 5.82 Å². The molecule has 0 unspecified atom stereocenters. The molecule has 2 aliphatic rings. The van der Waals surface area contributed by atoms with Crippen LogP contribution in [0.1, 0.15) is 47.1 Å². The van der Waals surface area contributed by atoms with Crippen LogP contribution in [0.15, 0.2) is 18.3 Å². The zero-order valence-corrected chi connectivity index (χ0v) is 15.2. The topological polar surface area (TPSA) is 85.9 Å². The Bertz CT molecular complexity index is 761. The molecule has 4 rings (SSSR count). The Morgan fingerprint density at radius 1 is 1.35 bits per heavy atom. The third-order valence-corrected chi connectivity index (χ3v) is 5.39. The number of rotatable bonds is 4. The van der Waals surface area contributed by atoms with Crippen molar-refractivity contribution in [3.8, 4) is 0 Å². The van der Waals surface area contributed by atoms with Crippen LogP contribution in [0.2, 0.25) is 0 Å². The monoisotopic (exact) mass is 354 g/mol. The summed E-state index contributed by atoms with van der Waals surface area (Å²) >= 11 is 0. The van der Waals surface area contributed by atoms with Gasteiger partial charge in [-0.2, -0.15) is 5.10 Å². The summed E-state index contributed by atoms with van der Waals surface area (Å²) in [6.45, 7) is 6.52. The Hall–Kier alpha value is -2.41. The zero-order valence-electron chi connectivity index (χ0n) is 15.2. The van der Waals surface area contributed by atoms with Gasteiger partial charge in [0.1, 0.15) is 5.82 Å². The van der Waals surface area contributed by atoms with Gasteiger partial charge in [-0.3, -0.25) is 9.89 Å². The number of carbonyl (C=O) groups excluding carboxylic acids is 1. The summed E-state index contributed by atoms with van der Waals surface area (Å²) in [5, 5.41) is 13.4. The van der Waals surface area contributed by atoms with Crippen molar-refractivity contribution in [3.05, 3.63) is 40.8 Å². The summed E-state index contributed by atoms with van der Waals surface area (Å²) in [6, 6.07) is 4.10. The average molecular weight is 354 g/mol. The second-order valence-electron chi connectivity index (χ2n) is 7.33. The first-order valence-corrected chi connectivity index (χ1v) is 9.45. The number of aromatic amines is 1. The van der Waals surface area contributed by atoms with E-state index >= 15 is 0 Å². The number of amides is 1. The van der Waals surface area contributed by atoms with Gasteiger partial charge >= 0.3 is 0 Å². The van der Waals surface area contributed by atoms with E-state index in [1.165, 1.54) is 12.8 Å². The largest absolute Gasteiger partial charge is 0.357 e. The molecular formula is C19H26N6O. The summed E-state index contributed by atoms with van der Waals surface area (Å²) < 4.78 is 0. The van der Waals surface area contributed by atoms with Gasteiger partial charge in [-0.05, 0) is 30.4 Å². The van der Waals surface area contributed by atoms with Gasteiger partial charge in [0.25, 0.3) is 5.91 Å². The lowest BCUT2D eigenvalue weighted by Gasteiger charge is -2.31. The molecule has 0 aromatic carbocycles. The molecule has 138 valence electrons. The molecular weight excluding hydrogens is 328 g/mol. The van der Waals surface area contributed by atoms with E-state index in [4.69, 9.17) is 0 Å². The number of anilines is 1. The first-order valence-electron chi connectivity index (χ1n) is 9.45. The van der Waals surface area contributed by atoms with E-state index in [1.807, 2.05) is 12.3 Å². The lowest BCUT2D eigenvalue weighted by molar-refractivity contribution is 0.0944. The maximum absolute atomic E-state index is 12.4. The lowest BCUT2D eigenvalue weighted by atomic mass is 9.99. The normalized spacial score (nSPS) is 17.8. The second-order valence-corrected chi connectivity index (χ2v) is 7.33. The third kappa shape index (κ3) is 3.58. The van der Waals surface area contributed by atoms with Crippen molar-refractivity contribution < 1.29 is 4.79 Å². The predicted octanol–water partition coefficient (Wildman–Crippen LogP) is 1.62. The van der Waals surface area contributed by atoms with E-state index in [-0.39, 0.29) is 5.91 Å². The molecule has 1 fully saturated rings. The second kappa shape index (κ2) is 7.45. The molecule has 7 nitrogen and oxygen atoms in total. The predicted molar refractivity (Wildman–Crippen MR) is 100 cm³/mol. The van der Waals surface area contributed by atoms with Crippen molar-refractivity contribution in [3.63, 3.8) is 0 Å². The van der Waals surface area contributed by atoms with Gasteiger partial charge in [-0.25, -0.2) is 4.98 Å². The number of nitrogens with one attached hydrogen (secondary N) is 3. The molecule has 2 aromatic rings. The van der Waals surface area contributed by atoms with E-state index in [9.17, 15) is 4.79 Å². The number of aromatic nitrogens is 3. The highest BCUT2D eigenvalue weighted by atomic mass is 16.1. The molecule has 0 atom stereocenters. The summed E-state index contributed by atoms with van der Waals surface area (Å²) in [4.78, 5) is 19.4. The van der Waals surface area contributed by atoms with Crippen LogP contribution in [-0.4, -0.2) is 40.7 Å². The van der Waals surface area contributed by atoms with Crippen LogP contribution >= 0.6 is 0 Å². The average Bonchev–Trinajstić information content (AvgIpc) is 3.11. The van der Waals surface area contributed by atoms with Crippen molar-refractivity contribution in [1.29, 1.82) is 0 Å². The number of hydrogen-bond donors (Lipinski definition) is 3. The fourth-order valence-corrected chi connectivity index (χ4v) is 3.63. The maximum Gasteiger partial charge on any atom is 0.272 e.